The molecule has 0 fully saturated rings. The van der Waals surface area contributed by atoms with Crippen LogP contribution in [0.4, 0.5) is 4.79 Å². The largest absolute Gasteiger partial charge is 0.481 e. The Morgan fingerprint density at radius 3 is 2.03 bits per heavy atom. The number of nitrogens with one attached hydrogen (secondary N) is 2. The van der Waals surface area contributed by atoms with Crippen LogP contribution < -0.4 is 10.6 Å². The molecule has 34 heavy (non-hydrogen) atoms. The molecule has 0 bridgehead atoms. The summed E-state index contributed by atoms with van der Waals surface area (Å²) in [5.74, 6) is -1.16. The molecule has 0 aromatic heterocycles. The number of aliphatic carboxylic acids is 1. The van der Waals surface area contributed by atoms with Crippen LogP contribution in [0.15, 0.2) is 48.5 Å². The lowest BCUT2D eigenvalue weighted by molar-refractivity contribution is -0.147. The van der Waals surface area contributed by atoms with Gasteiger partial charge >= 0.3 is 12.1 Å². The normalized spacial score (nSPS) is 14.5. The van der Waals surface area contributed by atoms with Gasteiger partial charge in [-0.25, -0.2) is 4.79 Å². The van der Waals surface area contributed by atoms with Crippen LogP contribution in [-0.2, 0) is 14.3 Å². The molecule has 2 amide bonds. The summed E-state index contributed by atoms with van der Waals surface area (Å²) in [5, 5.41) is 14.8. The lowest BCUT2D eigenvalue weighted by Gasteiger charge is -2.28. The standard InChI is InChI=1S/C27H34N2O5/c1-5-27(4,23(30)28-15-14-26(2,3)24(31)32)17-29-25(33)34-16-22-20-12-8-6-10-18(20)19-11-7-9-13-21(19)22/h6-13,22H,5,14-17H2,1-4H3,(H,28,30)(H,29,33)(H,31,32). The Balaban J connectivity index is 1.54. The zero-order chi connectivity index (χ0) is 24.9. The fourth-order valence-corrected chi connectivity index (χ4v) is 4.09. The zero-order valence-electron chi connectivity index (χ0n) is 20.3. The first-order valence-electron chi connectivity index (χ1n) is 11.7. The van der Waals surface area contributed by atoms with Gasteiger partial charge in [0.05, 0.1) is 10.8 Å². The highest BCUT2D eigenvalue weighted by Gasteiger charge is 2.34. The van der Waals surface area contributed by atoms with Crippen LogP contribution in [0.1, 0.15) is 57.6 Å². The maximum atomic E-state index is 12.8. The molecule has 7 nitrogen and oxygen atoms in total. The third-order valence-electron chi connectivity index (χ3n) is 6.91. The second kappa shape index (κ2) is 10.3. The van der Waals surface area contributed by atoms with E-state index in [2.05, 4.69) is 34.9 Å². The van der Waals surface area contributed by atoms with Gasteiger partial charge in [0.25, 0.3) is 0 Å². The van der Waals surface area contributed by atoms with Gasteiger partial charge in [-0.2, -0.15) is 0 Å². The monoisotopic (exact) mass is 466 g/mol. The molecule has 0 radical (unpaired) electrons. The van der Waals surface area contributed by atoms with Crippen LogP contribution >= 0.6 is 0 Å². The molecule has 2 aromatic carbocycles. The molecule has 1 aliphatic rings. The molecule has 0 saturated heterocycles. The Hall–Kier alpha value is -3.35. The van der Waals surface area contributed by atoms with Crippen molar-refractivity contribution in [2.24, 2.45) is 10.8 Å². The fraction of sp³-hybridized carbons (Fsp3) is 0.444. The summed E-state index contributed by atoms with van der Waals surface area (Å²) < 4.78 is 5.56. The summed E-state index contributed by atoms with van der Waals surface area (Å²) in [7, 11) is 0. The highest BCUT2D eigenvalue weighted by atomic mass is 16.5. The minimum Gasteiger partial charge on any atom is -0.481 e. The van der Waals surface area contributed by atoms with Crippen molar-refractivity contribution in [2.75, 3.05) is 19.7 Å². The van der Waals surface area contributed by atoms with Gasteiger partial charge in [0.15, 0.2) is 0 Å². The van der Waals surface area contributed by atoms with Gasteiger partial charge in [-0.15, -0.1) is 0 Å². The van der Waals surface area contributed by atoms with Crippen molar-refractivity contribution in [3.05, 3.63) is 59.7 Å². The van der Waals surface area contributed by atoms with Crippen molar-refractivity contribution in [1.29, 1.82) is 0 Å². The average Bonchev–Trinajstić information content (AvgIpc) is 3.14. The van der Waals surface area contributed by atoms with Gasteiger partial charge in [0.1, 0.15) is 6.61 Å². The maximum absolute atomic E-state index is 12.8. The molecule has 0 aliphatic heterocycles. The topological polar surface area (TPSA) is 105 Å². The van der Waals surface area contributed by atoms with E-state index >= 15 is 0 Å². The molecule has 0 saturated carbocycles. The van der Waals surface area contributed by atoms with Gasteiger partial charge in [-0.3, -0.25) is 9.59 Å². The smallest absolute Gasteiger partial charge is 0.407 e. The third kappa shape index (κ3) is 5.41. The highest BCUT2D eigenvalue weighted by molar-refractivity contribution is 5.83. The summed E-state index contributed by atoms with van der Waals surface area (Å²) in [6.45, 7) is 7.47. The number of ether oxygens (including phenoxy) is 1. The quantitative estimate of drug-likeness (QED) is 0.476. The summed E-state index contributed by atoms with van der Waals surface area (Å²) in [6, 6.07) is 16.3. The van der Waals surface area contributed by atoms with Crippen molar-refractivity contribution in [1.82, 2.24) is 10.6 Å². The lowest BCUT2D eigenvalue weighted by Crippen LogP contribution is -2.47. The Bertz CT molecular complexity index is 1020. The van der Waals surface area contributed by atoms with Crippen LogP contribution in [0, 0.1) is 10.8 Å². The Morgan fingerprint density at radius 2 is 1.50 bits per heavy atom. The number of fused-ring (bicyclic) bond motifs is 3. The SMILES string of the molecule is CCC(C)(CNC(=O)OCC1c2ccccc2-c2ccccc21)C(=O)NCCC(C)(C)C(=O)O. The number of carboxylic acid groups (broad SMARTS) is 1. The van der Waals surface area contributed by atoms with E-state index in [9.17, 15) is 19.5 Å². The number of hydrogen-bond donors (Lipinski definition) is 3. The molecular formula is C27H34N2O5. The van der Waals surface area contributed by atoms with Crippen LogP contribution in [-0.4, -0.2) is 42.8 Å². The van der Waals surface area contributed by atoms with Gasteiger partial charge in [0.2, 0.25) is 5.91 Å². The van der Waals surface area contributed by atoms with Gasteiger partial charge < -0.3 is 20.5 Å². The fourth-order valence-electron chi connectivity index (χ4n) is 4.09. The molecular weight excluding hydrogens is 432 g/mol. The van der Waals surface area contributed by atoms with E-state index in [1.54, 1.807) is 20.8 Å². The predicted octanol–water partition coefficient (Wildman–Crippen LogP) is 4.56. The van der Waals surface area contributed by atoms with E-state index in [0.29, 0.717) is 12.8 Å². The van der Waals surface area contributed by atoms with Crippen LogP contribution in [0.3, 0.4) is 0 Å². The number of alkyl carbamates (subject to hydrolysis) is 1. The van der Waals surface area contributed by atoms with E-state index in [4.69, 9.17) is 4.74 Å². The van der Waals surface area contributed by atoms with Crippen molar-refractivity contribution in [3.63, 3.8) is 0 Å². The summed E-state index contributed by atoms with van der Waals surface area (Å²) >= 11 is 0. The number of carbonyl (C=O) groups is 3. The minimum atomic E-state index is -0.921. The molecule has 1 aliphatic carbocycles. The number of hydrogen-bond acceptors (Lipinski definition) is 4. The van der Waals surface area contributed by atoms with Crippen LogP contribution in [0.25, 0.3) is 11.1 Å². The van der Waals surface area contributed by atoms with Crippen molar-refractivity contribution in [3.8, 4) is 11.1 Å². The predicted molar refractivity (Wildman–Crippen MR) is 131 cm³/mol. The van der Waals surface area contributed by atoms with Crippen molar-refractivity contribution in [2.45, 2.75) is 46.5 Å². The van der Waals surface area contributed by atoms with Crippen molar-refractivity contribution < 1.29 is 24.2 Å². The van der Waals surface area contributed by atoms with Gasteiger partial charge in [-0.1, -0.05) is 55.5 Å². The minimum absolute atomic E-state index is 0.0309. The first-order chi connectivity index (χ1) is 16.1. The van der Waals surface area contributed by atoms with E-state index in [1.165, 1.54) is 0 Å². The van der Waals surface area contributed by atoms with E-state index in [-0.39, 0.29) is 31.5 Å². The molecule has 3 rings (SSSR count). The number of amides is 2. The third-order valence-corrected chi connectivity index (χ3v) is 6.91. The Labute approximate surface area is 200 Å². The molecule has 7 heteroatoms. The maximum Gasteiger partial charge on any atom is 0.407 e. The molecule has 0 spiro atoms. The summed E-state index contributed by atoms with van der Waals surface area (Å²) in [4.78, 5) is 36.5. The van der Waals surface area contributed by atoms with E-state index < -0.39 is 22.9 Å². The molecule has 1 unspecified atom stereocenters. The van der Waals surface area contributed by atoms with Gasteiger partial charge in [0, 0.05) is 19.0 Å². The number of carboxylic acids is 1. The molecule has 1 atom stereocenters. The Morgan fingerprint density at radius 1 is 0.941 bits per heavy atom. The van der Waals surface area contributed by atoms with Gasteiger partial charge in [-0.05, 0) is 55.9 Å². The van der Waals surface area contributed by atoms with E-state index in [0.717, 1.165) is 22.3 Å². The van der Waals surface area contributed by atoms with Crippen molar-refractivity contribution >= 4 is 18.0 Å². The Kier molecular flexibility index (Phi) is 7.64. The molecule has 182 valence electrons. The first-order valence-corrected chi connectivity index (χ1v) is 11.7. The van der Waals surface area contributed by atoms with Crippen LogP contribution in [0.2, 0.25) is 0 Å². The number of carbonyl (C=O) groups excluding carboxylic acids is 2. The number of benzene rings is 2. The first kappa shape index (κ1) is 25.3. The number of rotatable bonds is 10. The van der Waals surface area contributed by atoms with E-state index in [1.807, 2.05) is 31.2 Å². The lowest BCUT2D eigenvalue weighted by atomic mass is 9.85. The second-order valence-electron chi connectivity index (χ2n) is 9.79. The molecule has 2 aromatic rings. The highest BCUT2D eigenvalue weighted by Crippen LogP contribution is 2.44. The second-order valence-corrected chi connectivity index (χ2v) is 9.79. The van der Waals surface area contributed by atoms with Crippen LogP contribution in [0.5, 0.6) is 0 Å². The zero-order valence-corrected chi connectivity index (χ0v) is 20.3. The molecule has 3 N–H and O–H groups in total. The summed E-state index contributed by atoms with van der Waals surface area (Å²) in [6.07, 6.45) is 0.250. The summed E-state index contributed by atoms with van der Waals surface area (Å²) in [5.41, 5.74) is 2.84. The average molecular weight is 467 g/mol. The molecule has 0 heterocycles.